The third-order valence-corrected chi connectivity index (χ3v) is 1.00. The second-order valence-corrected chi connectivity index (χ2v) is 1.93. The topological polar surface area (TPSA) is 44.8 Å². The quantitative estimate of drug-likeness (QED) is 0.257. The van der Waals surface area contributed by atoms with Gasteiger partial charge in [-0.15, -0.1) is 0 Å². The van der Waals surface area contributed by atoms with E-state index in [1.54, 1.807) is 0 Å². The summed E-state index contributed by atoms with van der Waals surface area (Å²) in [7, 11) is 2.72. The lowest BCUT2D eigenvalue weighted by Gasteiger charge is -2.02. The van der Waals surface area contributed by atoms with Crippen molar-refractivity contribution in [1.82, 2.24) is 0 Å². The third-order valence-electron chi connectivity index (χ3n) is 1.00. The minimum Gasteiger partial charge on any atom is -0.469 e. The number of hydrogen-bond donors (Lipinski definition) is 0. The van der Waals surface area contributed by atoms with Crippen LogP contribution in [0.3, 0.4) is 0 Å². The Kier molecular flexibility index (Phi) is 5.42. The van der Waals surface area contributed by atoms with Crippen molar-refractivity contribution in [3.8, 4) is 0 Å². The van der Waals surface area contributed by atoms with Crippen molar-refractivity contribution in [2.24, 2.45) is 0 Å². The smallest absolute Gasteiger partial charge is 0.309 e. The van der Waals surface area contributed by atoms with Crippen LogP contribution in [0.15, 0.2) is 12.2 Å². The molecule has 0 radical (unpaired) electrons. The van der Waals surface area contributed by atoms with Crippen LogP contribution < -0.4 is 0 Å². The molecule has 0 atom stereocenters. The maximum Gasteiger partial charge on any atom is 0.309 e. The minimum absolute atomic E-state index is 0.167. The van der Waals surface area contributed by atoms with E-state index >= 15 is 0 Å². The molecule has 0 unspecified atom stereocenters. The Hall–Kier alpha value is -0.870. The van der Waals surface area contributed by atoms with Crippen LogP contribution in [-0.4, -0.2) is 26.8 Å². The highest BCUT2D eigenvalue weighted by Crippen LogP contribution is 1.99. The van der Waals surface area contributed by atoms with E-state index in [0.29, 0.717) is 5.57 Å². The van der Waals surface area contributed by atoms with Crippen LogP contribution >= 0.6 is 0 Å². The number of carbonyl (C=O) groups excluding carboxylic acids is 1. The van der Waals surface area contributed by atoms with Crippen LogP contribution in [0.25, 0.3) is 0 Å². The van der Waals surface area contributed by atoms with Crippen LogP contribution in [0.5, 0.6) is 0 Å². The van der Waals surface area contributed by atoms with Crippen molar-refractivity contribution in [2.45, 2.75) is 6.42 Å². The van der Waals surface area contributed by atoms with Gasteiger partial charge in [0.15, 0.2) is 0 Å². The molecular formula is C7H12O4. The van der Waals surface area contributed by atoms with Crippen molar-refractivity contribution in [1.29, 1.82) is 0 Å². The van der Waals surface area contributed by atoms with Gasteiger partial charge in [-0.1, -0.05) is 6.58 Å². The molecule has 4 heteroatoms. The average Bonchev–Trinajstić information content (AvgIpc) is 2.00. The molecule has 11 heavy (non-hydrogen) atoms. The zero-order valence-corrected chi connectivity index (χ0v) is 6.75. The van der Waals surface area contributed by atoms with Crippen molar-refractivity contribution >= 4 is 5.97 Å². The van der Waals surface area contributed by atoms with Crippen molar-refractivity contribution < 1.29 is 19.3 Å². The van der Waals surface area contributed by atoms with Gasteiger partial charge in [-0.05, 0) is 5.57 Å². The van der Waals surface area contributed by atoms with E-state index in [1.165, 1.54) is 14.2 Å². The standard InChI is InChI=1S/C7H12O4/c1-6(5-11-10-3)4-7(8)9-2/h1,4-5H2,2-3H3. The summed E-state index contributed by atoms with van der Waals surface area (Å²) < 4.78 is 4.40. The molecule has 4 nitrogen and oxygen atoms in total. The Balaban J connectivity index is 3.44. The first kappa shape index (κ1) is 10.1. The molecule has 0 aliphatic heterocycles. The molecule has 0 spiro atoms. The normalized spacial score (nSPS) is 9.27. The zero-order valence-electron chi connectivity index (χ0n) is 6.75. The molecule has 0 rings (SSSR count). The summed E-state index contributed by atoms with van der Waals surface area (Å²) >= 11 is 0. The lowest BCUT2D eigenvalue weighted by atomic mass is 10.2. The fraction of sp³-hybridized carbons (Fsp3) is 0.571. The molecule has 0 saturated carbocycles. The van der Waals surface area contributed by atoms with Crippen molar-refractivity contribution in [3.05, 3.63) is 12.2 Å². The van der Waals surface area contributed by atoms with Crippen molar-refractivity contribution in [3.63, 3.8) is 0 Å². The molecule has 0 aromatic rings. The Morgan fingerprint density at radius 2 is 2.09 bits per heavy atom. The van der Waals surface area contributed by atoms with E-state index in [9.17, 15) is 4.79 Å². The Labute approximate surface area is 65.7 Å². The number of ether oxygens (including phenoxy) is 1. The second kappa shape index (κ2) is 5.88. The average molecular weight is 160 g/mol. The third kappa shape index (κ3) is 5.57. The zero-order chi connectivity index (χ0) is 8.69. The maximum absolute atomic E-state index is 10.6. The van der Waals surface area contributed by atoms with E-state index in [0.717, 1.165) is 0 Å². The molecule has 0 amide bonds. The number of carbonyl (C=O) groups is 1. The van der Waals surface area contributed by atoms with E-state index in [-0.39, 0.29) is 19.0 Å². The summed E-state index contributed by atoms with van der Waals surface area (Å²) in [5.41, 5.74) is 0.624. The molecule has 64 valence electrons. The number of methoxy groups -OCH3 is 1. The maximum atomic E-state index is 10.6. The van der Waals surface area contributed by atoms with Crippen LogP contribution in [0.2, 0.25) is 0 Å². The van der Waals surface area contributed by atoms with E-state index in [2.05, 4.69) is 21.1 Å². The fourth-order valence-electron chi connectivity index (χ4n) is 0.470. The summed E-state index contributed by atoms with van der Waals surface area (Å²) in [6.45, 7) is 3.79. The van der Waals surface area contributed by atoms with Gasteiger partial charge in [0.25, 0.3) is 0 Å². The van der Waals surface area contributed by atoms with Crippen LogP contribution in [-0.2, 0) is 19.3 Å². The van der Waals surface area contributed by atoms with Gasteiger partial charge in [0, 0.05) is 0 Å². The summed E-state index contributed by atoms with van der Waals surface area (Å²) in [6.07, 6.45) is 0.167. The van der Waals surface area contributed by atoms with E-state index < -0.39 is 0 Å². The summed E-state index contributed by atoms with van der Waals surface area (Å²) in [6, 6.07) is 0. The van der Waals surface area contributed by atoms with Gasteiger partial charge in [-0.2, -0.15) is 0 Å². The van der Waals surface area contributed by atoms with Gasteiger partial charge >= 0.3 is 5.97 Å². The van der Waals surface area contributed by atoms with Gasteiger partial charge < -0.3 is 4.74 Å². The largest absolute Gasteiger partial charge is 0.469 e. The molecule has 0 saturated heterocycles. The molecule has 0 aromatic heterocycles. The van der Waals surface area contributed by atoms with Crippen LogP contribution in [0.1, 0.15) is 6.42 Å². The van der Waals surface area contributed by atoms with Gasteiger partial charge in [0.1, 0.15) is 6.61 Å². The van der Waals surface area contributed by atoms with Crippen molar-refractivity contribution in [2.75, 3.05) is 20.8 Å². The fourth-order valence-corrected chi connectivity index (χ4v) is 0.470. The molecule has 0 aliphatic rings. The highest BCUT2D eigenvalue weighted by Gasteiger charge is 2.03. The second-order valence-electron chi connectivity index (χ2n) is 1.93. The highest BCUT2D eigenvalue weighted by molar-refractivity contribution is 5.72. The minimum atomic E-state index is -0.324. The molecule has 0 aliphatic carbocycles. The van der Waals surface area contributed by atoms with Gasteiger partial charge in [-0.25, -0.2) is 9.78 Å². The highest BCUT2D eigenvalue weighted by atomic mass is 17.2. The summed E-state index contributed by atoms with van der Waals surface area (Å²) in [5.74, 6) is -0.324. The Morgan fingerprint density at radius 3 is 2.55 bits per heavy atom. The molecule has 0 N–H and O–H groups in total. The number of esters is 1. The first-order valence-corrected chi connectivity index (χ1v) is 3.09. The first-order valence-electron chi connectivity index (χ1n) is 3.09. The van der Waals surface area contributed by atoms with Gasteiger partial charge in [0.05, 0.1) is 20.6 Å². The van der Waals surface area contributed by atoms with Gasteiger partial charge in [0.2, 0.25) is 0 Å². The molecule has 0 bridgehead atoms. The first-order chi connectivity index (χ1) is 5.20. The van der Waals surface area contributed by atoms with E-state index in [1.807, 2.05) is 0 Å². The predicted octanol–water partition coefficient (Wildman–Crippen LogP) is 0.684. The molecular weight excluding hydrogens is 148 g/mol. The number of hydrogen-bond acceptors (Lipinski definition) is 4. The van der Waals surface area contributed by atoms with Gasteiger partial charge in [-0.3, -0.25) is 4.79 Å². The number of rotatable bonds is 5. The SMILES string of the molecule is C=C(COOC)CC(=O)OC. The molecule has 0 fully saturated rings. The monoisotopic (exact) mass is 160 g/mol. The van der Waals surface area contributed by atoms with Crippen LogP contribution in [0, 0.1) is 0 Å². The Bertz CT molecular complexity index is 141. The Morgan fingerprint density at radius 1 is 1.45 bits per heavy atom. The molecule has 0 heterocycles. The van der Waals surface area contributed by atoms with E-state index in [4.69, 9.17) is 0 Å². The lowest BCUT2D eigenvalue weighted by Crippen LogP contribution is -2.05. The van der Waals surface area contributed by atoms with Crippen LogP contribution in [0.4, 0.5) is 0 Å². The summed E-state index contributed by atoms with van der Waals surface area (Å²) in [4.78, 5) is 19.5. The molecule has 0 aromatic carbocycles. The lowest BCUT2D eigenvalue weighted by molar-refractivity contribution is -0.265. The summed E-state index contributed by atoms with van der Waals surface area (Å²) in [5, 5.41) is 0. The predicted molar refractivity (Wildman–Crippen MR) is 38.7 cm³/mol.